The van der Waals surface area contributed by atoms with E-state index in [1.54, 1.807) is 6.07 Å². The molecule has 4 N–H and O–H groups in total. The van der Waals surface area contributed by atoms with E-state index in [1.807, 2.05) is 19.9 Å². The summed E-state index contributed by atoms with van der Waals surface area (Å²) in [6.07, 6.45) is -0.656. The number of hydrogen-bond acceptors (Lipinski definition) is 2. The van der Waals surface area contributed by atoms with Crippen LogP contribution in [0.25, 0.3) is 10.9 Å². The Morgan fingerprint density at radius 1 is 1.44 bits per heavy atom. The van der Waals surface area contributed by atoms with Crippen LogP contribution < -0.4 is 5.73 Å². The molecule has 1 aromatic heterocycles. The number of benzene rings is 1. The summed E-state index contributed by atoms with van der Waals surface area (Å²) >= 11 is 6.17. The number of halogens is 1. The van der Waals surface area contributed by atoms with Crippen molar-refractivity contribution in [3.8, 4) is 0 Å². The maximum Gasteiger partial charge on any atom is 0.0912 e. The third-order valence-electron chi connectivity index (χ3n) is 3.00. The number of aliphatic hydroxyl groups is 1. The lowest BCUT2D eigenvalue weighted by Gasteiger charge is -2.09. The highest BCUT2D eigenvalue weighted by Crippen LogP contribution is 2.30. The first-order chi connectivity index (χ1) is 7.54. The molecule has 2 aromatic rings. The second-order valence-electron chi connectivity index (χ2n) is 4.05. The standard InChI is InChI=1S/C12H15ClN2O/c1-6-7(2)15-12-9(6)3-8(4-10(12)13)11(16)5-14/h3-4,11,15-16H,5,14H2,1-2H3. The van der Waals surface area contributed by atoms with Gasteiger partial charge in [-0.25, -0.2) is 0 Å². The average Bonchev–Trinajstić information content (AvgIpc) is 2.56. The van der Waals surface area contributed by atoms with Crippen LogP contribution in [-0.2, 0) is 0 Å². The van der Waals surface area contributed by atoms with Gasteiger partial charge in [0.25, 0.3) is 0 Å². The largest absolute Gasteiger partial charge is 0.387 e. The van der Waals surface area contributed by atoms with E-state index in [0.29, 0.717) is 5.02 Å². The van der Waals surface area contributed by atoms with Crippen LogP contribution in [0.5, 0.6) is 0 Å². The van der Waals surface area contributed by atoms with Gasteiger partial charge in [-0.1, -0.05) is 11.6 Å². The molecule has 0 spiro atoms. The van der Waals surface area contributed by atoms with E-state index in [2.05, 4.69) is 4.98 Å². The van der Waals surface area contributed by atoms with Crippen molar-refractivity contribution in [2.45, 2.75) is 20.0 Å². The molecule has 0 radical (unpaired) electrons. The lowest BCUT2D eigenvalue weighted by atomic mass is 10.0. The predicted molar refractivity (Wildman–Crippen MR) is 66.8 cm³/mol. The number of aryl methyl sites for hydroxylation is 2. The van der Waals surface area contributed by atoms with Gasteiger partial charge < -0.3 is 15.8 Å². The molecule has 0 saturated carbocycles. The molecule has 3 nitrogen and oxygen atoms in total. The molecule has 4 heteroatoms. The van der Waals surface area contributed by atoms with Gasteiger partial charge in [-0.05, 0) is 37.1 Å². The fourth-order valence-electron chi connectivity index (χ4n) is 1.86. The molecular weight excluding hydrogens is 224 g/mol. The first-order valence-corrected chi connectivity index (χ1v) is 5.59. The van der Waals surface area contributed by atoms with Crippen LogP contribution in [0.3, 0.4) is 0 Å². The minimum absolute atomic E-state index is 0.199. The highest BCUT2D eigenvalue weighted by Gasteiger charge is 2.12. The van der Waals surface area contributed by atoms with Crippen LogP contribution in [0.15, 0.2) is 12.1 Å². The summed E-state index contributed by atoms with van der Waals surface area (Å²) in [7, 11) is 0. The highest BCUT2D eigenvalue weighted by molar-refractivity contribution is 6.35. The second kappa shape index (κ2) is 4.09. The summed E-state index contributed by atoms with van der Waals surface area (Å²) in [6.45, 7) is 4.23. The van der Waals surface area contributed by atoms with Gasteiger partial charge in [0.15, 0.2) is 0 Å². The van der Waals surface area contributed by atoms with Gasteiger partial charge in [0.2, 0.25) is 0 Å². The van der Waals surface area contributed by atoms with E-state index >= 15 is 0 Å². The van der Waals surface area contributed by atoms with E-state index < -0.39 is 6.10 Å². The molecular formula is C12H15ClN2O. The van der Waals surface area contributed by atoms with Crippen molar-refractivity contribution in [1.82, 2.24) is 4.98 Å². The Bertz CT molecular complexity index is 533. The molecule has 0 aliphatic rings. The van der Waals surface area contributed by atoms with Crippen LogP contribution in [0.1, 0.15) is 22.9 Å². The van der Waals surface area contributed by atoms with Crippen LogP contribution in [-0.4, -0.2) is 16.6 Å². The first kappa shape index (κ1) is 11.5. The number of aromatic amines is 1. The third-order valence-corrected chi connectivity index (χ3v) is 3.30. The van der Waals surface area contributed by atoms with Gasteiger partial charge in [0.05, 0.1) is 16.6 Å². The van der Waals surface area contributed by atoms with Gasteiger partial charge >= 0.3 is 0 Å². The van der Waals surface area contributed by atoms with E-state index in [0.717, 1.165) is 27.7 Å². The van der Waals surface area contributed by atoms with Crippen LogP contribution >= 0.6 is 11.6 Å². The second-order valence-corrected chi connectivity index (χ2v) is 4.46. The maximum atomic E-state index is 9.72. The number of fused-ring (bicyclic) bond motifs is 1. The number of rotatable bonds is 2. The molecule has 0 amide bonds. The third kappa shape index (κ3) is 1.71. The lowest BCUT2D eigenvalue weighted by Crippen LogP contribution is -2.11. The quantitative estimate of drug-likeness (QED) is 0.753. The van der Waals surface area contributed by atoms with Crippen molar-refractivity contribution in [2.75, 3.05) is 6.54 Å². The summed E-state index contributed by atoms with van der Waals surface area (Å²) in [5.41, 5.74) is 9.38. The zero-order valence-electron chi connectivity index (χ0n) is 9.34. The molecule has 16 heavy (non-hydrogen) atoms. The molecule has 0 fully saturated rings. The number of nitrogens with two attached hydrogens (primary N) is 1. The van der Waals surface area contributed by atoms with Crippen LogP contribution in [0.2, 0.25) is 5.02 Å². The van der Waals surface area contributed by atoms with Crippen LogP contribution in [0, 0.1) is 13.8 Å². The Morgan fingerprint density at radius 2 is 2.12 bits per heavy atom. The monoisotopic (exact) mass is 238 g/mol. The molecule has 0 bridgehead atoms. The summed E-state index contributed by atoms with van der Waals surface area (Å²) in [5.74, 6) is 0. The zero-order chi connectivity index (χ0) is 11.9. The fourth-order valence-corrected chi connectivity index (χ4v) is 2.14. The number of aliphatic hydroxyl groups excluding tert-OH is 1. The Morgan fingerprint density at radius 3 is 2.75 bits per heavy atom. The topological polar surface area (TPSA) is 62.0 Å². The molecule has 1 unspecified atom stereocenters. The fraction of sp³-hybridized carbons (Fsp3) is 0.333. The van der Waals surface area contributed by atoms with E-state index in [-0.39, 0.29) is 6.54 Å². The average molecular weight is 239 g/mol. The van der Waals surface area contributed by atoms with Gasteiger partial charge in [-0.3, -0.25) is 0 Å². The maximum absolute atomic E-state index is 9.72. The number of H-pyrrole nitrogens is 1. The van der Waals surface area contributed by atoms with Crippen molar-refractivity contribution >= 4 is 22.5 Å². The molecule has 0 saturated heterocycles. The summed E-state index contributed by atoms with van der Waals surface area (Å²) < 4.78 is 0. The van der Waals surface area contributed by atoms with Crippen molar-refractivity contribution in [3.05, 3.63) is 34.0 Å². The highest BCUT2D eigenvalue weighted by atomic mass is 35.5. The number of hydrogen-bond donors (Lipinski definition) is 3. The smallest absolute Gasteiger partial charge is 0.0912 e. The normalized spacial score (nSPS) is 13.3. The molecule has 0 aliphatic heterocycles. The Hall–Kier alpha value is -1.03. The van der Waals surface area contributed by atoms with Gasteiger partial charge in [-0.15, -0.1) is 0 Å². The van der Waals surface area contributed by atoms with Gasteiger partial charge in [0, 0.05) is 17.6 Å². The lowest BCUT2D eigenvalue weighted by molar-refractivity contribution is 0.187. The Kier molecular flexibility index (Phi) is 2.93. The first-order valence-electron chi connectivity index (χ1n) is 5.21. The van der Waals surface area contributed by atoms with E-state index in [1.165, 1.54) is 0 Å². The number of aromatic nitrogens is 1. The van der Waals surface area contributed by atoms with Crippen molar-refractivity contribution in [3.63, 3.8) is 0 Å². The molecule has 86 valence electrons. The van der Waals surface area contributed by atoms with Crippen molar-refractivity contribution in [2.24, 2.45) is 5.73 Å². The van der Waals surface area contributed by atoms with E-state index in [4.69, 9.17) is 17.3 Å². The molecule has 1 atom stereocenters. The summed E-state index contributed by atoms with van der Waals surface area (Å²) in [6, 6.07) is 3.70. The summed E-state index contributed by atoms with van der Waals surface area (Å²) in [4.78, 5) is 3.23. The van der Waals surface area contributed by atoms with Crippen molar-refractivity contribution in [1.29, 1.82) is 0 Å². The minimum Gasteiger partial charge on any atom is -0.387 e. The molecule has 1 heterocycles. The summed E-state index contributed by atoms with van der Waals surface area (Å²) in [5, 5.41) is 11.4. The zero-order valence-corrected chi connectivity index (χ0v) is 10.1. The van der Waals surface area contributed by atoms with Crippen molar-refractivity contribution < 1.29 is 5.11 Å². The van der Waals surface area contributed by atoms with Crippen LogP contribution in [0.4, 0.5) is 0 Å². The molecule has 2 rings (SSSR count). The minimum atomic E-state index is -0.656. The molecule has 1 aromatic carbocycles. The number of nitrogens with one attached hydrogen (secondary N) is 1. The van der Waals surface area contributed by atoms with Gasteiger partial charge in [-0.2, -0.15) is 0 Å². The Labute approximate surface area is 99.2 Å². The SMILES string of the molecule is Cc1[nH]c2c(Cl)cc(C(O)CN)cc2c1C. The molecule has 0 aliphatic carbocycles. The van der Waals surface area contributed by atoms with E-state index in [9.17, 15) is 5.11 Å². The predicted octanol–water partition coefficient (Wildman–Crippen LogP) is 2.43. The Balaban J connectivity index is 2.70. The van der Waals surface area contributed by atoms with Gasteiger partial charge in [0.1, 0.15) is 0 Å².